The van der Waals surface area contributed by atoms with E-state index in [4.69, 9.17) is 14.3 Å². The SMILES string of the molecule is CC(Oc1ccc(C(=O)C2CC2)cc1)c1coc(-c2ccc(NC(=O)CCCCO)c(F)c2)n1. The van der Waals surface area contributed by atoms with Crippen LogP contribution >= 0.6 is 0 Å². The number of aliphatic hydroxyl groups is 1. The number of hydrogen-bond donors (Lipinski definition) is 2. The van der Waals surface area contributed by atoms with Gasteiger partial charge in [0, 0.05) is 30.1 Å². The molecule has 1 aromatic heterocycles. The molecule has 1 atom stereocenters. The second kappa shape index (κ2) is 10.6. The summed E-state index contributed by atoms with van der Waals surface area (Å²) >= 11 is 0. The molecule has 1 saturated carbocycles. The molecule has 2 N–H and O–H groups in total. The van der Waals surface area contributed by atoms with Gasteiger partial charge in [0.2, 0.25) is 11.8 Å². The number of rotatable bonds is 11. The summed E-state index contributed by atoms with van der Waals surface area (Å²) in [5, 5.41) is 11.3. The van der Waals surface area contributed by atoms with E-state index in [1.54, 1.807) is 30.3 Å². The molecule has 34 heavy (non-hydrogen) atoms. The van der Waals surface area contributed by atoms with Gasteiger partial charge in [-0.05, 0) is 75.1 Å². The molecule has 0 saturated heterocycles. The Kier molecular flexibility index (Phi) is 7.37. The number of amides is 1. The number of nitrogens with zero attached hydrogens (tertiary/aromatic N) is 1. The van der Waals surface area contributed by atoms with Gasteiger partial charge in [-0.3, -0.25) is 9.59 Å². The van der Waals surface area contributed by atoms with Crippen LogP contribution in [0.4, 0.5) is 10.1 Å². The number of hydrogen-bond acceptors (Lipinski definition) is 6. The fourth-order valence-corrected chi connectivity index (χ4v) is 3.51. The normalized spacial score (nSPS) is 14.0. The summed E-state index contributed by atoms with van der Waals surface area (Å²) in [7, 11) is 0. The number of unbranched alkanes of at least 4 members (excludes halogenated alkanes) is 1. The van der Waals surface area contributed by atoms with Crippen molar-refractivity contribution in [2.45, 2.75) is 45.1 Å². The van der Waals surface area contributed by atoms with Gasteiger partial charge in [-0.2, -0.15) is 0 Å². The van der Waals surface area contributed by atoms with Crippen LogP contribution in [0.5, 0.6) is 5.75 Å². The van der Waals surface area contributed by atoms with Crippen molar-refractivity contribution in [3.8, 4) is 17.2 Å². The molecule has 8 heteroatoms. The predicted molar refractivity (Wildman–Crippen MR) is 124 cm³/mol. The molecule has 2 aromatic carbocycles. The van der Waals surface area contributed by atoms with Gasteiger partial charge in [-0.15, -0.1) is 0 Å². The highest BCUT2D eigenvalue weighted by Crippen LogP contribution is 2.33. The molecule has 4 rings (SSSR count). The largest absolute Gasteiger partial charge is 0.484 e. The lowest BCUT2D eigenvalue weighted by Gasteiger charge is -2.12. The van der Waals surface area contributed by atoms with Crippen LogP contribution in [0.3, 0.4) is 0 Å². The van der Waals surface area contributed by atoms with Gasteiger partial charge in [-0.1, -0.05) is 0 Å². The first-order chi connectivity index (χ1) is 16.4. The molecule has 178 valence electrons. The molecule has 7 nitrogen and oxygen atoms in total. The number of ether oxygens (including phenoxy) is 1. The van der Waals surface area contributed by atoms with E-state index < -0.39 is 11.9 Å². The van der Waals surface area contributed by atoms with Gasteiger partial charge >= 0.3 is 0 Å². The van der Waals surface area contributed by atoms with E-state index in [1.807, 2.05) is 6.92 Å². The maximum atomic E-state index is 14.5. The van der Waals surface area contributed by atoms with Crippen molar-refractivity contribution < 1.29 is 28.2 Å². The molecular weight excluding hydrogens is 439 g/mol. The zero-order chi connectivity index (χ0) is 24.1. The maximum Gasteiger partial charge on any atom is 0.226 e. The Morgan fingerprint density at radius 3 is 2.65 bits per heavy atom. The van der Waals surface area contributed by atoms with Crippen LogP contribution in [0.25, 0.3) is 11.5 Å². The van der Waals surface area contributed by atoms with Crippen LogP contribution < -0.4 is 10.1 Å². The lowest BCUT2D eigenvalue weighted by Crippen LogP contribution is -2.12. The number of Topliss-reactive ketones (excluding diaryl/α,β-unsaturated/α-hetero) is 1. The van der Waals surface area contributed by atoms with Crippen molar-refractivity contribution in [3.63, 3.8) is 0 Å². The highest BCUT2D eigenvalue weighted by Gasteiger charge is 2.30. The first kappa shape index (κ1) is 23.6. The van der Waals surface area contributed by atoms with Crippen molar-refractivity contribution in [1.82, 2.24) is 4.98 Å². The van der Waals surface area contributed by atoms with Crippen LogP contribution in [0.15, 0.2) is 53.1 Å². The third kappa shape index (κ3) is 5.88. The average molecular weight is 467 g/mol. The molecular formula is C26H27FN2O5. The molecule has 1 aliphatic carbocycles. The van der Waals surface area contributed by atoms with Crippen LogP contribution in [0.2, 0.25) is 0 Å². The number of ketones is 1. The second-order valence-corrected chi connectivity index (χ2v) is 8.42. The summed E-state index contributed by atoms with van der Waals surface area (Å²) in [6.07, 6.45) is 4.23. The highest BCUT2D eigenvalue weighted by atomic mass is 19.1. The molecule has 1 amide bonds. The first-order valence-electron chi connectivity index (χ1n) is 11.4. The number of aromatic nitrogens is 1. The van der Waals surface area contributed by atoms with Crippen LogP contribution in [-0.2, 0) is 4.79 Å². The van der Waals surface area contributed by atoms with E-state index in [1.165, 1.54) is 18.4 Å². The highest BCUT2D eigenvalue weighted by molar-refractivity contribution is 5.99. The lowest BCUT2D eigenvalue weighted by atomic mass is 10.1. The molecule has 1 unspecified atom stereocenters. The zero-order valence-corrected chi connectivity index (χ0v) is 18.9. The van der Waals surface area contributed by atoms with E-state index in [2.05, 4.69) is 10.3 Å². The van der Waals surface area contributed by atoms with Crippen LogP contribution in [0.1, 0.15) is 61.2 Å². The number of carbonyl (C=O) groups excluding carboxylic acids is 2. The Labute approximate surface area is 197 Å². The number of carbonyl (C=O) groups is 2. The molecule has 1 aliphatic rings. The molecule has 0 spiro atoms. The van der Waals surface area contributed by atoms with Crippen molar-refractivity contribution in [1.29, 1.82) is 0 Å². The first-order valence-corrected chi connectivity index (χ1v) is 11.4. The minimum absolute atomic E-state index is 0.0196. The number of aliphatic hydroxyl groups excluding tert-OH is 1. The summed E-state index contributed by atoms with van der Waals surface area (Å²) in [6, 6.07) is 11.4. The number of nitrogens with one attached hydrogen (secondary N) is 1. The summed E-state index contributed by atoms with van der Waals surface area (Å²) in [5.74, 6) is 0.281. The third-order valence-electron chi connectivity index (χ3n) is 5.64. The smallest absolute Gasteiger partial charge is 0.226 e. The molecule has 1 fully saturated rings. The number of halogens is 1. The van der Waals surface area contributed by atoms with E-state index in [0.717, 1.165) is 12.8 Å². The number of anilines is 1. The number of benzene rings is 2. The van der Waals surface area contributed by atoms with Crippen molar-refractivity contribution >= 4 is 17.4 Å². The van der Waals surface area contributed by atoms with E-state index >= 15 is 0 Å². The Bertz CT molecular complexity index is 1150. The molecule has 0 radical (unpaired) electrons. The minimum atomic E-state index is -0.599. The Morgan fingerprint density at radius 2 is 1.97 bits per heavy atom. The fourth-order valence-electron chi connectivity index (χ4n) is 3.51. The van der Waals surface area contributed by atoms with Crippen molar-refractivity contribution in [2.24, 2.45) is 5.92 Å². The Morgan fingerprint density at radius 1 is 1.21 bits per heavy atom. The third-order valence-corrected chi connectivity index (χ3v) is 5.64. The van der Waals surface area contributed by atoms with Gasteiger partial charge < -0.3 is 19.6 Å². The second-order valence-electron chi connectivity index (χ2n) is 8.42. The van der Waals surface area contributed by atoms with Gasteiger partial charge in [0.05, 0.1) is 5.69 Å². The monoisotopic (exact) mass is 466 g/mol. The van der Waals surface area contributed by atoms with E-state index in [0.29, 0.717) is 35.4 Å². The van der Waals surface area contributed by atoms with Gasteiger partial charge in [0.15, 0.2) is 5.78 Å². The predicted octanol–water partition coefficient (Wildman–Crippen LogP) is 5.31. The summed E-state index contributed by atoms with van der Waals surface area (Å²) in [4.78, 5) is 28.4. The van der Waals surface area contributed by atoms with E-state index in [9.17, 15) is 14.0 Å². The summed E-state index contributed by atoms with van der Waals surface area (Å²) in [5.41, 5.74) is 1.73. The minimum Gasteiger partial charge on any atom is -0.484 e. The summed E-state index contributed by atoms with van der Waals surface area (Å²) in [6.45, 7) is 1.84. The van der Waals surface area contributed by atoms with Crippen molar-refractivity contribution in [2.75, 3.05) is 11.9 Å². The fraction of sp³-hybridized carbons (Fsp3) is 0.346. The zero-order valence-electron chi connectivity index (χ0n) is 18.9. The lowest BCUT2D eigenvalue weighted by molar-refractivity contribution is -0.116. The molecule has 0 aliphatic heterocycles. The molecule has 3 aromatic rings. The Hall–Kier alpha value is -3.52. The van der Waals surface area contributed by atoms with Crippen LogP contribution in [-0.4, -0.2) is 28.4 Å². The molecule has 0 bridgehead atoms. The van der Waals surface area contributed by atoms with Gasteiger partial charge in [0.25, 0.3) is 0 Å². The van der Waals surface area contributed by atoms with Gasteiger partial charge in [-0.25, -0.2) is 9.37 Å². The van der Waals surface area contributed by atoms with E-state index in [-0.39, 0.29) is 42.2 Å². The summed E-state index contributed by atoms with van der Waals surface area (Å²) < 4.78 is 25.9. The Balaban J connectivity index is 1.37. The number of oxazole rings is 1. The van der Waals surface area contributed by atoms with Crippen LogP contribution in [0, 0.1) is 11.7 Å². The molecule has 1 heterocycles. The maximum absolute atomic E-state index is 14.5. The quantitative estimate of drug-likeness (QED) is 0.293. The topological polar surface area (TPSA) is 102 Å². The average Bonchev–Trinajstić information content (AvgIpc) is 3.56. The van der Waals surface area contributed by atoms with Crippen molar-refractivity contribution in [3.05, 3.63) is 65.8 Å². The van der Waals surface area contributed by atoms with Gasteiger partial charge in [0.1, 0.15) is 29.6 Å². The standard InChI is InChI=1S/C26H27FN2O5/c1-16(34-20-10-7-18(8-11-20)25(32)17-5-6-17)23-15-33-26(29-23)19-9-12-22(21(27)14-19)28-24(31)4-2-3-13-30/h7-12,14-17,30H,2-6,13H2,1H3,(H,28,31).